The van der Waals surface area contributed by atoms with E-state index in [1.54, 1.807) is 0 Å². The van der Waals surface area contributed by atoms with Crippen LogP contribution in [0.25, 0.3) is 0 Å². The number of hydrogen-bond acceptors (Lipinski definition) is 3. The standard InChI is InChI=1S/C20H28F2N4O/c1-4-10-25(13-19(21)22)14-20(27)23-11-18-15(2)24-26(16(18)3)12-17-8-6-5-7-9-17/h5-9,19H,4,10-14H2,1-3H3,(H,23,27). The van der Waals surface area contributed by atoms with Crippen molar-refractivity contribution in [1.82, 2.24) is 20.0 Å². The molecule has 148 valence electrons. The first-order chi connectivity index (χ1) is 12.9. The number of alkyl halides is 2. The smallest absolute Gasteiger partial charge is 0.251 e. The zero-order chi connectivity index (χ0) is 19.8. The van der Waals surface area contributed by atoms with Gasteiger partial charge in [0.2, 0.25) is 5.91 Å². The summed E-state index contributed by atoms with van der Waals surface area (Å²) in [5.74, 6) is -0.251. The second-order valence-electron chi connectivity index (χ2n) is 6.70. The van der Waals surface area contributed by atoms with Crippen LogP contribution in [-0.2, 0) is 17.9 Å². The van der Waals surface area contributed by atoms with Gasteiger partial charge in [-0.1, -0.05) is 37.3 Å². The van der Waals surface area contributed by atoms with Gasteiger partial charge in [0, 0.05) is 17.8 Å². The lowest BCUT2D eigenvalue weighted by atomic mass is 10.2. The molecule has 0 saturated carbocycles. The van der Waals surface area contributed by atoms with Crippen LogP contribution in [0, 0.1) is 13.8 Å². The highest BCUT2D eigenvalue weighted by atomic mass is 19.3. The highest BCUT2D eigenvalue weighted by molar-refractivity contribution is 5.78. The van der Waals surface area contributed by atoms with Gasteiger partial charge < -0.3 is 5.32 Å². The van der Waals surface area contributed by atoms with Crippen molar-refractivity contribution in [2.24, 2.45) is 0 Å². The number of aromatic nitrogens is 2. The molecule has 0 spiro atoms. The van der Waals surface area contributed by atoms with E-state index in [9.17, 15) is 13.6 Å². The maximum atomic E-state index is 12.6. The van der Waals surface area contributed by atoms with Crippen molar-refractivity contribution in [2.75, 3.05) is 19.6 Å². The Morgan fingerprint density at radius 1 is 1.26 bits per heavy atom. The minimum absolute atomic E-state index is 0.0194. The molecule has 2 rings (SSSR count). The van der Waals surface area contributed by atoms with Gasteiger partial charge in [-0.2, -0.15) is 5.10 Å². The minimum atomic E-state index is -2.44. The fraction of sp³-hybridized carbons (Fsp3) is 0.500. The monoisotopic (exact) mass is 378 g/mol. The van der Waals surface area contributed by atoms with Crippen molar-refractivity contribution in [3.63, 3.8) is 0 Å². The summed E-state index contributed by atoms with van der Waals surface area (Å²) in [5.41, 5.74) is 3.98. The quantitative estimate of drug-likeness (QED) is 0.691. The van der Waals surface area contributed by atoms with Gasteiger partial charge in [-0.15, -0.1) is 0 Å². The van der Waals surface area contributed by atoms with Crippen LogP contribution in [0.1, 0.15) is 35.9 Å². The third-order valence-corrected chi connectivity index (χ3v) is 4.47. The summed E-state index contributed by atoms with van der Waals surface area (Å²) < 4.78 is 27.1. The number of carbonyl (C=O) groups excluding carboxylic acids is 1. The SMILES string of the molecule is CCCN(CC(=O)NCc1c(C)nn(Cc2ccccc2)c1C)CC(F)F. The number of benzene rings is 1. The molecule has 2 aromatic rings. The van der Waals surface area contributed by atoms with Gasteiger partial charge >= 0.3 is 0 Å². The van der Waals surface area contributed by atoms with Gasteiger partial charge in [0.15, 0.2) is 0 Å². The summed E-state index contributed by atoms with van der Waals surface area (Å²) in [6.45, 7) is 6.89. The number of nitrogens with one attached hydrogen (secondary N) is 1. The van der Waals surface area contributed by atoms with Crippen LogP contribution in [0.2, 0.25) is 0 Å². The summed E-state index contributed by atoms with van der Waals surface area (Å²) >= 11 is 0. The van der Waals surface area contributed by atoms with Crippen molar-refractivity contribution >= 4 is 5.91 Å². The van der Waals surface area contributed by atoms with Crippen molar-refractivity contribution in [2.45, 2.75) is 46.7 Å². The van der Waals surface area contributed by atoms with Crippen molar-refractivity contribution in [3.8, 4) is 0 Å². The highest BCUT2D eigenvalue weighted by Gasteiger charge is 2.16. The molecule has 0 atom stereocenters. The highest BCUT2D eigenvalue weighted by Crippen LogP contribution is 2.14. The van der Waals surface area contributed by atoms with Gasteiger partial charge in [0.25, 0.3) is 6.43 Å². The Labute approximate surface area is 159 Å². The number of hydrogen-bond donors (Lipinski definition) is 1. The molecule has 1 heterocycles. The first kappa shape index (κ1) is 21.0. The third kappa shape index (κ3) is 6.43. The number of amides is 1. The van der Waals surface area contributed by atoms with Crippen molar-refractivity contribution < 1.29 is 13.6 Å². The average molecular weight is 378 g/mol. The molecule has 0 saturated heterocycles. The van der Waals surface area contributed by atoms with Crippen LogP contribution in [0.5, 0.6) is 0 Å². The zero-order valence-electron chi connectivity index (χ0n) is 16.2. The second-order valence-corrected chi connectivity index (χ2v) is 6.70. The lowest BCUT2D eigenvalue weighted by Crippen LogP contribution is -2.39. The Morgan fingerprint density at radius 2 is 1.96 bits per heavy atom. The van der Waals surface area contributed by atoms with Crippen LogP contribution < -0.4 is 5.32 Å². The van der Waals surface area contributed by atoms with Crippen LogP contribution in [-0.4, -0.2) is 46.6 Å². The molecular weight excluding hydrogens is 350 g/mol. The molecule has 0 radical (unpaired) electrons. The van der Waals surface area contributed by atoms with E-state index in [-0.39, 0.29) is 19.0 Å². The first-order valence-corrected chi connectivity index (χ1v) is 9.24. The molecule has 1 aromatic carbocycles. The lowest BCUT2D eigenvalue weighted by molar-refractivity contribution is -0.122. The van der Waals surface area contributed by atoms with Gasteiger partial charge in [0.1, 0.15) is 0 Å². The molecular formula is C20H28F2N4O. The molecule has 0 bridgehead atoms. The van der Waals surface area contributed by atoms with E-state index in [2.05, 4.69) is 10.4 Å². The Hall–Kier alpha value is -2.28. The number of rotatable bonds is 10. The van der Waals surface area contributed by atoms with E-state index >= 15 is 0 Å². The number of halogens is 2. The Kier molecular flexibility index (Phi) is 7.91. The van der Waals surface area contributed by atoms with Crippen LogP contribution in [0.3, 0.4) is 0 Å². The van der Waals surface area contributed by atoms with E-state index < -0.39 is 6.43 Å². The maximum Gasteiger partial charge on any atom is 0.251 e. The van der Waals surface area contributed by atoms with E-state index in [1.807, 2.05) is 55.8 Å². The lowest BCUT2D eigenvalue weighted by Gasteiger charge is -2.20. The second kappa shape index (κ2) is 10.2. The summed E-state index contributed by atoms with van der Waals surface area (Å²) in [5, 5.41) is 7.41. The van der Waals surface area contributed by atoms with Gasteiger partial charge in [-0.3, -0.25) is 14.4 Å². The molecule has 5 nitrogen and oxygen atoms in total. The molecule has 0 fully saturated rings. The van der Waals surface area contributed by atoms with Crippen LogP contribution in [0.15, 0.2) is 30.3 Å². The number of aryl methyl sites for hydroxylation is 1. The fourth-order valence-electron chi connectivity index (χ4n) is 3.09. The van der Waals surface area contributed by atoms with E-state index in [4.69, 9.17) is 0 Å². The number of carbonyl (C=O) groups is 1. The van der Waals surface area contributed by atoms with Crippen LogP contribution >= 0.6 is 0 Å². The Bertz CT molecular complexity index is 731. The van der Waals surface area contributed by atoms with Crippen LogP contribution in [0.4, 0.5) is 8.78 Å². The average Bonchev–Trinajstić information content (AvgIpc) is 2.87. The Balaban J connectivity index is 1.96. The summed E-state index contributed by atoms with van der Waals surface area (Å²) in [7, 11) is 0. The summed E-state index contributed by atoms with van der Waals surface area (Å²) in [6.07, 6.45) is -1.71. The molecule has 1 N–H and O–H groups in total. The predicted molar refractivity (Wildman–Crippen MR) is 102 cm³/mol. The molecule has 0 aliphatic rings. The molecule has 0 aliphatic heterocycles. The number of nitrogens with zero attached hydrogens (tertiary/aromatic N) is 3. The van der Waals surface area contributed by atoms with Crippen molar-refractivity contribution in [3.05, 3.63) is 52.8 Å². The molecule has 27 heavy (non-hydrogen) atoms. The normalized spacial score (nSPS) is 11.4. The molecule has 0 aliphatic carbocycles. The van der Waals surface area contributed by atoms with Crippen molar-refractivity contribution in [1.29, 1.82) is 0 Å². The van der Waals surface area contributed by atoms with E-state index in [0.29, 0.717) is 19.6 Å². The fourth-order valence-corrected chi connectivity index (χ4v) is 3.09. The summed E-state index contributed by atoms with van der Waals surface area (Å²) in [4.78, 5) is 13.7. The van der Waals surface area contributed by atoms with Gasteiger partial charge in [-0.25, -0.2) is 8.78 Å². The molecule has 1 aromatic heterocycles. The largest absolute Gasteiger partial charge is 0.351 e. The third-order valence-electron chi connectivity index (χ3n) is 4.47. The minimum Gasteiger partial charge on any atom is -0.351 e. The maximum absolute atomic E-state index is 12.6. The van der Waals surface area contributed by atoms with E-state index in [1.165, 1.54) is 4.90 Å². The topological polar surface area (TPSA) is 50.2 Å². The molecule has 0 unspecified atom stereocenters. The molecule has 1 amide bonds. The Morgan fingerprint density at radius 3 is 2.59 bits per heavy atom. The predicted octanol–water partition coefficient (Wildman–Crippen LogP) is 3.14. The molecule has 7 heteroatoms. The first-order valence-electron chi connectivity index (χ1n) is 9.24. The van der Waals surface area contributed by atoms with Gasteiger partial charge in [-0.05, 0) is 32.4 Å². The zero-order valence-corrected chi connectivity index (χ0v) is 16.2. The van der Waals surface area contributed by atoms with Gasteiger partial charge in [0.05, 0.1) is 25.3 Å². The van der Waals surface area contributed by atoms with E-state index in [0.717, 1.165) is 28.9 Å². The summed E-state index contributed by atoms with van der Waals surface area (Å²) in [6, 6.07) is 10.0.